The number of benzene rings is 1. The van der Waals surface area contributed by atoms with E-state index in [1.807, 2.05) is 56.1 Å². The van der Waals surface area contributed by atoms with Crippen LogP contribution in [-0.2, 0) is 14.0 Å². The van der Waals surface area contributed by atoms with Crippen LogP contribution in [0.5, 0.6) is 0 Å². The van der Waals surface area contributed by atoms with Crippen LogP contribution in [0.25, 0.3) is 11.3 Å². The van der Waals surface area contributed by atoms with Gasteiger partial charge in [0, 0.05) is 6.04 Å². The molecule has 1 aromatic carbocycles. The second kappa shape index (κ2) is 8.72. The lowest BCUT2D eigenvalue weighted by atomic mass is 9.79. The molecule has 2 saturated heterocycles. The standard InChI is InChI=1S/C26H38BN3O4/c1-9-19-14-15-21(30(19)23(31)32-24(2,3)4)22-28-16-20(29-22)17-10-12-18(13-11-17)27-33-25(5,6)26(7,8)34-27/h10-13,16,19,21H,9,14-15H2,1-8H3,(H,28,29). The van der Waals surface area contributed by atoms with Gasteiger partial charge in [-0.05, 0) is 78.8 Å². The fourth-order valence-corrected chi connectivity index (χ4v) is 4.59. The van der Waals surface area contributed by atoms with E-state index in [0.29, 0.717) is 0 Å². The fourth-order valence-electron chi connectivity index (χ4n) is 4.59. The van der Waals surface area contributed by atoms with Crippen molar-refractivity contribution < 1.29 is 18.8 Å². The average molecular weight is 467 g/mol. The zero-order chi connectivity index (χ0) is 24.9. The molecule has 0 bridgehead atoms. The number of aromatic nitrogens is 2. The predicted molar refractivity (Wildman–Crippen MR) is 134 cm³/mol. The first-order valence-corrected chi connectivity index (χ1v) is 12.3. The quantitative estimate of drug-likeness (QED) is 0.624. The Labute approximate surface area is 203 Å². The molecule has 184 valence electrons. The molecule has 7 nitrogen and oxygen atoms in total. The molecule has 4 rings (SSSR count). The van der Waals surface area contributed by atoms with Gasteiger partial charge in [0.2, 0.25) is 0 Å². The molecule has 0 spiro atoms. The molecule has 2 fully saturated rings. The lowest BCUT2D eigenvalue weighted by Crippen LogP contribution is -2.41. The first kappa shape index (κ1) is 24.8. The summed E-state index contributed by atoms with van der Waals surface area (Å²) >= 11 is 0. The van der Waals surface area contributed by atoms with Crippen LogP contribution in [0.15, 0.2) is 30.5 Å². The fraction of sp³-hybridized carbons (Fsp3) is 0.615. The molecule has 0 saturated carbocycles. The Morgan fingerprint density at radius 3 is 2.32 bits per heavy atom. The van der Waals surface area contributed by atoms with E-state index in [-0.39, 0.29) is 36.5 Å². The van der Waals surface area contributed by atoms with Crippen molar-refractivity contribution in [3.8, 4) is 11.3 Å². The van der Waals surface area contributed by atoms with Crippen molar-refractivity contribution in [2.45, 2.75) is 104 Å². The lowest BCUT2D eigenvalue weighted by molar-refractivity contribution is 0.00578. The molecule has 3 heterocycles. The molecule has 0 radical (unpaired) electrons. The molecule has 34 heavy (non-hydrogen) atoms. The van der Waals surface area contributed by atoms with Gasteiger partial charge in [-0.1, -0.05) is 31.2 Å². The van der Waals surface area contributed by atoms with Gasteiger partial charge in [-0.15, -0.1) is 0 Å². The third-order valence-electron chi connectivity index (χ3n) is 7.24. The Bertz CT molecular complexity index is 1010. The summed E-state index contributed by atoms with van der Waals surface area (Å²) in [5.74, 6) is 0.798. The largest absolute Gasteiger partial charge is 0.494 e. The number of imidazole rings is 1. The molecule has 1 N–H and O–H groups in total. The normalized spacial score (nSPS) is 24.0. The smallest absolute Gasteiger partial charge is 0.444 e. The highest BCUT2D eigenvalue weighted by molar-refractivity contribution is 6.62. The molecular weight excluding hydrogens is 429 g/mol. The number of ether oxygens (including phenoxy) is 1. The second-order valence-electron chi connectivity index (χ2n) is 11.4. The van der Waals surface area contributed by atoms with Crippen LogP contribution in [0.2, 0.25) is 0 Å². The topological polar surface area (TPSA) is 76.7 Å². The van der Waals surface area contributed by atoms with Crippen molar-refractivity contribution in [1.29, 1.82) is 0 Å². The summed E-state index contributed by atoms with van der Waals surface area (Å²) in [7, 11) is -0.386. The summed E-state index contributed by atoms with van der Waals surface area (Å²) in [6.07, 6.45) is 4.27. The average Bonchev–Trinajstić information content (AvgIpc) is 3.42. The number of likely N-dealkylation sites (tertiary alicyclic amines) is 1. The van der Waals surface area contributed by atoms with Crippen molar-refractivity contribution in [1.82, 2.24) is 14.9 Å². The Kier molecular flexibility index (Phi) is 6.36. The Morgan fingerprint density at radius 2 is 1.76 bits per heavy atom. The van der Waals surface area contributed by atoms with Gasteiger partial charge in [-0.2, -0.15) is 0 Å². The number of H-pyrrole nitrogens is 1. The Morgan fingerprint density at radius 1 is 1.15 bits per heavy atom. The van der Waals surface area contributed by atoms with E-state index in [2.05, 4.69) is 44.6 Å². The first-order valence-electron chi connectivity index (χ1n) is 12.3. The number of nitrogens with zero attached hydrogens (tertiary/aromatic N) is 2. The lowest BCUT2D eigenvalue weighted by Gasteiger charge is -2.32. The van der Waals surface area contributed by atoms with E-state index >= 15 is 0 Å². The van der Waals surface area contributed by atoms with Crippen molar-refractivity contribution in [3.05, 3.63) is 36.3 Å². The van der Waals surface area contributed by atoms with Crippen LogP contribution < -0.4 is 5.46 Å². The number of carbonyl (C=O) groups is 1. The van der Waals surface area contributed by atoms with Crippen LogP contribution in [0.4, 0.5) is 4.79 Å². The summed E-state index contributed by atoms with van der Waals surface area (Å²) in [5.41, 5.74) is 1.65. The maximum atomic E-state index is 13.0. The van der Waals surface area contributed by atoms with Gasteiger partial charge in [0.15, 0.2) is 0 Å². The summed E-state index contributed by atoms with van der Waals surface area (Å²) in [6.45, 7) is 16.0. The van der Waals surface area contributed by atoms with Gasteiger partial charge in [0.05, 0.1) is 29.1 Å². The number of rotatable bonds is 4. The number of carbonyl (C=O) groups excluding carboxylic acids is 1. The van der Waals surface area contributed by atoms with Crippen molar-refractivity contribution >= 4 is 18.7 Å². The van der Waals surface area contributed by atoms with Gasteiger partial charge < -0.3 is 19.0 Å². The second-order valence-corrected chi connectivity index (χ2v) is 11.4. The van der Waals surface area contributed by atoms with Gasteiger partial charge in [-0.25, -0.2) is 9.78 Å². The van der Waals surface area contributed by atoms with Crippen molar-refractivity contribution in [2.24, 2.45) is 0 Å². The molecule has 0 aliphatic carbocycles. The number of hydrogen-bond acceptors (Lipinski definition) is 5. The molecule has 2 aliphatic heterocycles. The van der Waals surface area contributed by atoms with Crippen LogP contribution in [0, 0.1) is 0 Å². The Hall–Kier alpha value is -2.32. The zero-order valence-electron chi connectivity index (χ0n) is 21.8. The first-order chi connectivity index (χ1) is 15.8. The van der Waals surface area contributed by atoms with Crippen LogP contribution in [-0.4, -0.2) is 50.9 Å². The summed E-state index contributed by atoms with van der Waals surface area (Å²) in [6, 6.07) is 8.21. The molecule has 2 unspecified atom stereocenters. The predicted octanol–water partition coefficient (Wildman–Crippen LogP) is 5.23. The van der Waals surface area contributed by atoms with Crippen LogP contribution >= 0.6 is 0 Å². The van der Waals surface area contributed by atoms with Crippen molar-refractivity contribution in [2.75, 3.05) is 0 Å². The van der Waals surface area contributed by atoms with Crippen LogP contribution in [0.1, 0.15) is 86.5 Å². The van der Waals surface area contributed by atoms with E-state index in [1.165, 1.54) is 0 Å². The van der Waals surface area contributed by atoms with Gasteiger partial charge in [0.1, 0.15) is 11.4 Å². The summed E-state index contributed by atoms with van der Waals surface area (Å²) in [5, 5.41) is 0. The Balaban J connectivity index is 1.51. The SMILES string of the molecule is CCC1CCC(c2ncc(-c3ccc(B4OC(C)(C)C(C)(C)O4)cc3)[nH]2)N1C(=O)OC(C)(C)C. The molecular formula is C26H38BN3O4. The van der Waals surface area contributed by atoms with Gasteiger partial charge in [-0.3, -0.25) is 4.90 Å². The third kappa shape index (κ3) is 4.75. The van der Waals surface area contributed by atoms with E-state index in [9.17, 15) is 4.79 Å². The number of nitrogens with one attached hydrogen (secondary N) is 1. The van der Waals surface area contributed by atoms with E-state index in [1.54, 1.807) is 0 Å². The number of amides is 1. The molecule has 8 heteroatoms. The molecule has 1 amide bonds. The molecule has 2 aromatic rings. The minimum atomic E-state index is -0.532. The minimum Gasteiger partial charge on any atom is -0.444 e. The maximum Gasteiger partial charge on any atom is 0.494 e. The van der Waals surface area contributed by atoms with Crippen LogP contribution in [0.3, 0.4) is 0 Å². The molecule has 1 aromatic heterocycles. The number of aromatic amines is 1. The molecule has 2 aliphatic rings. The summed E-state index contributed by atoms with van der Waals surface area (Å²) < 4.78 is 18.0. The number of hydrogen-bond donors (Lipinski definition) is 1. The highest BCUT2D eigenvalue weighted by Gasteiger charge is 2.51. The highest BCUT2D eigenvalue weighted by Crippen LogP contribution is 2.38. The van der Waals surface area contributed by atoms with Gasteiger partial charge >= 0.3 is 13.2 Å². The van der Waals surface area contributed by atoms with E-state index in [0.717, 1.165) is 41.8 Å². The van der Waals surface area contributed by atoms with Gasteiger partial charge in [0.25, 0.3) is 0 Å². The summed E-state index contributed by atoms with van der Waals surface area (Å²) in [4.78, 5) is 23.0. The minimum absolute atomic E-state index is 0.113. The monoisotopic (exact) mass is 467 g/mol. The maximum absolute atomic E-state index is 13.0. The van der Waals surface area contributed by atoms with Crippen molar-refractivity contribution in [3.63, 3.8) is 0 Å². The highest BCUT2D eigenvalue weighted by atomic mass is 16.7. The zero-order valence-corrected chi connectivity index (χ0v) is 21.8. The van der Waals surface area contributed by atoms with E-state index in [4.69, 9.17) is 14.0 Å². The molecule has 2 atom stereocenters. The van der Waals surface area contributed by atoms with E-state index < -0.39 is 5.60 Å². The third-order valence-corrected chi connectivity index (χ3v) is 7.24.